The number of hydrogen-bond donors (Lipinski definition) is 0. The first kappa shape index (κ1) is 12.2. The molecule has 0 spiro atoms. The fourth-order valence-electron chi connectivity index (χ4n) is 1.60. The monoisotopic (exact) mass is 208 g/mol. The quantitative estimate of drug-likeness (QED) is 0.574. The average Bonchev–Trinajstić information content (AvgIpc) is 2.13. The molecule has 0 nitrogen and oxygen atoms in total. The highest BCUT2D eigenvalue weighted by molar-refractivity contribution is 5.23. The van der Waals surface area contributed by atoms with Gasteiger partial charge in [-0.15, -0.1) is 0 Å². The Morgan fingerprint density at radius 2 is 2.00 bits per heavy atom. The van der Waals surface area contributed by atoms with Crippen LogP contribution in [0.1, 0.15) is 46.5 Å². The summed E-state index contributed by atoms with van der Waals surface area (Å²) in [6, 6.07) is 0. The summed E-state index contributed by atoms with van der Waals surface area (Å²) >= 11 is 0. The predicted octanol–water partition coefficient (Wildman–Crippen LogP) is 4.94. The van der Waals surface area contributed by atoms with Crippen molar-refractivity contribution in [3.8, 4) is 0 Å². The molecule has 84 valence electrons. The van der Waals surface area contributed by atoms with Crippen molar-refractivity contribution in [2.75, 3.05) is 0 Å². The highest BCUT2D eigenvalue weighted by Crippen LogP contribution is 2.32. The molecule has 0 bridgehead atoms. The molecule has 0 radical (unpaired) electrons. The van der Waals surface area contributed by atoms with Crippen molar-refractivity contribution in [2.45, 2.75) is 46.5 Å². The van der Waals surface area contributed by atoms with E-state index >= 15 is 0 Å². The first-order valence-corrected chi connectivity index (χ1v) is 5.85. The molecule has 1 heteroatoms. The van der Waals surface area contributed by atoms with Gasteiger partial charge in [-0.25, -0.2) is 4.39 Å². The maximum absolute atomic E-state index is 13.3. The molecule has 0 aromatic carbocycles. The largest absolute Gasteiger partial charge is 0.207 e. The Morgan fingerprint density at radius 3 is 2.47 bits per heavy atom. The van der Waals surface area contributed by atoms with Gasteiger partial charge in [0.1, 0.15) is 5.83 Å². The van der Waals surface area contributed by atoms with E-state index in [1.807, 2.05) is 26.0 Å². The zero-order valence-corrected chi connectivity index (χ0v) is 10.0. The van der Waals surface area contributed by atoms with Gasteiger partial charge in [-0.2, -0.15) is 0 Å². The van der Waals surface area contributed by atoms with E-state index in [0.29, 0.717) is 0 Å². The Bertz CT molecular complexity index is 290. The van der Waals surface area contributed by atoms with Crippen LogP contribution in [0.4, 0.5) is 4.39 Å². The highest BCUT2D eigenvalue weighted by atomic mass is 19.1. The molecule has 0 heterocycles. The summed E-state index contributed by atoms with van der Waals surface area (Å²) in [5, 5.41) is 0. The van der Waals surface area contributed by atoms with Gasteiger partial charge in [-0.3, -0.25) is 0 Å². The Hall–Kier alpha value is -0.850. The summed E-state index contributed by atoms with van der Waals surface area (Å²) < 4.78 is 13.3. The van der Waals surface area contributed by atoms with Crippen molar-refractivity contribution in [3.05, 3.63) is 35.2 Å². The number of halogens is 1. The van der Waals surface area contributed by atoms with Gasteiger partial charge >= 0.3 is 0 Å². The van der Waals surface area contributed by atoms with E-state index in [-0.39, 0.29) is 5.83 Å². The molecule has 0 saturated heterocycles. The van der Waals surface area contributed by atoms with Gasteiger partial charge in [0.05, 0.1) is 0 Å². The maximum Gasteiger partial charge on any atom is 0.122 e. The van der Waals surface area contributed by atoms with Crippen LogP contribution < -0.4 is 0 Å². The third-order valence-electron chi connectivity index (χ3n) is 3.29. The minimum atomic E-state index is -0.0878. The summed E-state index contributed by atoms with van der Waals surface area (Å²) in [6.07, 6.45) is 10.2. The minimum absolute atomic E-state index is 0.0878. The zero-order valence-electron chi connectivity index (χ0n) is 10.0. The van der Waals surface area contributed by atoms with Crippen LogP contribution in [0.25, 0.3) is 0 Å². The van der Waals surface area contributed by atoms with Gasteiger partial charge in [0.15, 0.2) is 0 Å². The first-order chi connectivity index (χ1) is 7.15. The van der Waals surface area contributed by atoms with Crippen LogP contribution in [-0.2, 0) is 0 Å². The van der Waals surface area contributed by atoms with E-state index in [2.05, 4.69) is 6.92 Å². The maximum atomic E-state index is 13.3. The van der Waals surface area contributed by atoms with Crippen LogP contribution in [0.5, 0.6) is 0 Å². The van der Waals surface area contributed by atoms with Crippen molar-refractivity contribution < 1.29 is 4.39 Å². The van der Waals surface area contributed by atoms with Crippen LogP contribution in [0, 0.1) is 5.92 Å². The second-order valence-corrected chi connectivity index (χ2v) is 4.38. The molecule has 1 aliphatic carbocycles. The zero-order chi connectivity index (χ0) is 11.3. The lowest BCUT2D eigenvalue weighted by atomic mass is 9.80. The van der Waals surface area contributed by atoms with Gasteiger partial charge in [0.2, 0.25) is 0 Å². The molecule has 1 rings (SSSR count). The summed E-state index contributed by atoms with van der Waals surface area (Å²) in [7, 11) is 0. The molecule has 0 unspecified atom stereocenters. The second-order valence-electron chi connectivity index (χ2n) is 4.38. The lowest BCUT2D eigenvalue weighted by molar-refractivity contribution is 0.368. The molecule has 0 aromatic rings. The molecule has 1 saturated carbocycles. The standard InChI is InChI=1S/C14H21F/c1-4-11(2)14(15)10-5-7-12(3)13-8-6-9-13/h5,7,10,13H,4,6,8-9H2,1-3H3/b10-5-,12-7+,14-11-. The number of allylic oxidation sites excluding steroid dienone is 6. The molecule has 1 aliphatic rings. The fraction of sp³-hybridized carbons (Fsp3) is 0.571. The van der Waals surface area contributed by atoms with E-state index in [1.54, 1.807) is 6.08 Å². The molecule has 1 fully saturated rings. The third kappa shape index (κ3) is 3.65. The van der Waals surface area contributed by atoms with Gasteiger partial charge < -0.3 is 0 Å². The Morgan fingerprint density at radius 1 is 1.33 bits per heavy atom. The van der Waals surface area contributed by atoms with Crippen molar-refractivity contribution in [1.29, 1.82) is 0 Å². The Kier molecular flexibility index (Phi) is 4.80. The molecular weight excluding hydrogens is 187 g/mol. The summed E-state index contributed by atoms with van der Waals surface area (Å²) in [5.41, 5.74) is 2.21. The molecule has 15 heavy (non-hydrogen) atoms. The van der Waals surface area contributed by atoms with E-state index in [1.165, 1.54) is 24.8 Å². The summed E-state index contributed by atoms with van der Waals surface area (Å²) in [5.74, 6) is 0.670. The number of hydrogen-bond acceptors (Lipinski definition) is 0. The lowest BCUT2D eigenvalue weighted by Gasteiger charge is -2.25. The fourth-order valence-corrected chi connectivity index (χ4v) is 1.60. The lowest BCUT2D eigenvalue weighted by Crippen LogP contribution is -2.11. The molecule has 0 aromatic heterocycles. The minimum Gasteiger partial charge on any atom is -0.207 e. The summed E-state index contributed by atoms with van der Waals surface area (Å²) in [6.45, 7) is 5.95. The number of rotatable bonds is 4. The topological polar surface area (TPSA) is 0 Å². The predicted molar refractivity (Wildman–Crippen MR) is 64.3 cm³/mol. The van der Waals surface area contributed by atoms with Gasteiger partial charge in [-0.1, -0.05) is 31.1 Å². The van der Waals surface area contributed by atoms with E-state index in [9.17, 15) is 4.39 Å². The van der Waals surface area contributed by atoms with E-state index in [0.717, 1.165) is 17.9 Å². The van der Waals surface area contributed by atoms with Gasteiger partial charge in [0, 0.05) is 0 Å². The SMILES string of the molecule is CC/C(C)=C(F)/C=C\C=C(/C)C1CCC1. The van der Waals surface area contributed by atoms with Crippen LogP contribution in [0.3, 0.4) is 0 Å². The van der Waals surface area contributed by atoms with E-state index in [4.69, 9.17) is 0 Å². The molecular formula is C14H21F. The Labute approximate surface area is 92.6 Å². The highest BCUT2D eigenvalue weighted by Gasteiger charge is 2.17. The molecule has 0 aliphatic heterocycles. The van der Waals surface area contributed by atoms with Crippen LogP contribution >= 0.6 is 0 Å². The second kappa shape index (κ2) is 5.89. The summed E-state index contributed by atoms with van der Waals surface area (Å²) in [4.78, 5) is 0. The van der Waals surface area contributed by atoms with Crippen molar-refractivity contribution in [3.63, 3.8) is 0 Å². The third-order valence-corrected chi connectivity index (χ3v) is 3.29. The van der Waals surface area contributed by atoms with Gasteiger partial charge in [-0.05, 0) is 50.7 Å². The molecule has 0 N–H and O–H groups in total. The molecule has 0 amide bonds. The normalized spacial score (nSPS) is 20.4. The first-order valence-electron chi connectivity index (χ1n) is 5.85. The van der Waals surface area contributed by atoms with Crippen molar-refractivity contribution >= 4 is 0 Å². The Balaban J connectivity index is 2.50. The van der Waals surface area contributed by atoms with Crippen LogP contribution in [0.2, 0.25) is 0 Å². The smallest absolute Gasteiger partial charge is 0.122 e. The van der Waals surface area contributed by atoms with E-state index < -0.39 is 0 Å². The van der Waals surface area contributed by atoms with Gasteiger partial charge in [0.25, 0.3) is 0 Å². The van der Waals surface area contributed by atoms with Crippen molar-refractivity contribution in [1.82, 2.24) is 0 Å². The average molecular weight is 208 g/mol. The molecule has 0 atom stereocenters. The van der Waals surface area contributed by atoms with Crippen LogP contribution in [0.15, 0.2) is 35.2 Å². The van der Waals surface area contributed by atoms with Crippen molar-refractivity contribution in [2.24, 2.45) is 5.92 Å². The van der Waals surface area contributed by atoms with Crippen LogP contribution in [-0.4, -0.2) is 0 Å².